The zero-order valence-electron chi connectivity index (χ0n) is 11.2. The minimum Gasteiger partial charge on any atom is -0.371 e. The van der Waals surface area contributed by atoms with Gasteiger partial charge < -0.3 is 4.74 Å². The van der Waals surface area contributed by atoms with Crippen LogP contribution in [-0.2, 0) is 11.4 Å². The lowest BCUT2D eigenvalue weighted by Crippen LogP contribution is -2.39. The van der Waals surface area contributed by atoms with Gasteiger partial charge in [-0.3, -0.25) is 9.58 Å². The highest BCUT2D eigenvalue weighted by Gasteiger charge is 2.23. The number of rotatable bonds is 3. The fourth-order valence-electron chi connectivity index (χ4n) is 2.37. The van der Waals surface area contributed by atoms with Gasteiger partial charge in [-0.1, -0.05) is 17.7 Å². The van der Waals surface area contributed by atoms with Crippen molar-refractivity contribution in [3.05, 3.63) is 52.8 Å². The van der Waals surface area contributed by atoms with Gasteiger partial charge in [0.1, 0.15) is 0 Å². The molecular weight excluding hydrogens is 300 g/mol. The van der Waals surface area contributed by atoms with Crippen LogP contribution in [0.15, 0.2) is 30.6 Å². The fourth-order valence-corrected chi connectivity index (χ4v) is 2.52. The minimum absolute atomic E-state index is 0.278. The molecule has 0 amide bonds. The second-order valence-corrected chi connectivity index (χ2v) is 5.39. The minimum atomic E-state index is -0.855. The van der Waals surface area contributed by atoms with Crippen molar-refractivity contribution < 1.29 is 13.5 Å². The second-order valence-electron chi connectivity index (χ2n) is 4.95. The predicted octanol–water partition coefficient (Wildman–Crippen LogP) is 2.85. The highest BCUT2D eigenvalue weighted by molar-refractivity contribution is 6.30. The van der Waals surface area contributed by atoms with E-state index in [9.17, 15) is 8.78 Å². The van der Waals surface area contributed by atoms with Crippen molar-refractivity contribution in [1.82, 2.24) is 14.7 Å². The van der Waals surface area contributed by atoms with Crippen molar-refractivity contribution >= 4 is 11.6 Å². The standard InChI is InChI=1S/C14H14ClF2N3O/c15-11-6-18-20(7-11)9-19-3-4-21-14(8-19)10-1-2-12(16)13(17)5-10/h1-2,5-7,14H,3-4,8-9H2/t14-/m0/s1. The van der Waals surface area contributed by atoms with Crippen LogP contribution in [-0.4, -0.2) is 34.4 Å². The molecule has 0 bridgehead atoms. The second kappa shape index (κ2) is 6.09. The van der Waals surface area contributed by atoms with Gasteiger partial charge in [-0.25, -0.2) is 8.78 Å². The summed E-state index contributed by atoms with van der Waals surface area (Å²) in [5.74, 6) is -1.70. The van der Waals surface area contributed by atoms with Gasteiger partial charge in [0.15, 0.2) is 11.6 Å². The molecule has 1 aliphatic heterocycles. The molecule has 1 aromatic carbocycles. The zero-order valence-corrected chi connectivity index (χ0v) is 11.9. The van der Waals surface area contributed by atoms with Crippen LogP contribution in [0.3, 0.4) is 0 Å². The third-order valence-electron chi connectivity index (χ3n) is 3.41. The van der Waals surface area contributed by atoms with Gasteiger partial charge in [0.05, 0.1) is 30.6 Å². The molecule has 0 saturated carbocycles. The normalized spacial score (nSPS) is 19.9. The summed E-state index contributed by atoms with van der Waals surface area (Å²) < 4.78 is 33.7. The summed E-state index contributed by atoms with van der Waals surface area (Å²) in [6, 6.07) is 3.87. The van der Waals surface area contributed by atoms with Crippen molar-refractivity contribution in [3.8, 4) is 0 Å². The summed E-state index contributed by atoms with van der Waals surface area (Å²) in [6.45, 7) is 2.44. The quantitative estimate of drug-likeness (QED) is 0.873. The molecule has 1 aliphatic rings. The molecule has 2 heterocycles. The van der Waals surface area contributed by atoms with Crippen LogP contribution >= 0.6 is 11.6 Å². The van der Waals surface area contributed by atoms with Gasteiger partial charge in [-0.2, -0.15) is 5.10 Å². The number of morpholine rings is 1. The molecule has 0 N–H and O–H groups in total. The molecule has 1 fully saturated rings. The van der Waals surface area contributed by atoms with Crippen molar-refractivity contribution in [3.63, 3.8) is 0 Å². The molecule has 112 valence electrons. The highest BCUT2D eigenvalue weighted by atomic mass is 35.5. The SMILES string of the molecule is Fc1ccc([C@@H]2CN(Cn3cc(Cl)cn3)CCO2)cc1F. The number of hydrogen-bond donors (Lipinski definition) is 0. The van der Waals surface area contributed by atoms with E-state index >= 15 is 0 Å². The van der Waals surface area contributed by atoms with E-state index in [0.29, 0.717) is 30.4 Å². The van der Waals surface area contributed by atoms with E-state index in [1.807, 2.05) is 0 Å². The monoisotopic (exact) mass is 313 g/mol. The number of nitrogens with zero attached hydrogens (tertiary/aromatic N) is 3. The first kappa shape index (κ1) is 14.4. The molecular formula is C14H14ClF2N3O. The topological polar surface area (TPSA) is 30.3 Å². The predicted molar refractivity (Wildman–Crippen MR) is 73.9 cm³/mol. The van der Waals surface area contributed by atoms with Crippen molar-refractivity contribution in [2.75, 3.05) is 19.7 Å². The Balaban J connectivity index is 1.68. The Labute approximate surface area is 125 Å². The first-order valence-electron chi connectivity index (χ1n) is 6.58. The van der Waals surface area contributed by atoms with Crippen LogP contribution in [0.25, 0.3) is 0 Å². The van der Waals surface area contributed by atoms with Crippen LogP contribution in [0.5, 0.6) is 0 Å². The van der Waals surface area contributed by atoms with Gasteiger partial charge in [0, 0.05) is 19.3 Å². The molecule has 1 saturated heterocycles. The summed E-state index contributed by atoms with van der Waals surface area (Å²) in [5, 5.41) is 4.71. The third kappa shape index (κ3) is 3.40. The molecule has 0 unspecified atom stereocenters. The molecule has 1 atom stereocenters. The maximum absolute atomic E-state index is 13.3. The highest BCUT2D eigenvalue weighted by Crippen LogP contribution is 2.24. The smallest absolute Gasteiger partial charge is 0.159 e. The maximum Gasteiger partial charge on any atom is 0.159 e. The van der Waals surface area contributed by atoms with E-state index in [-0.39, 0.29) is 6.10 Å². The number of benzene rings is 1. The lowest BCUT2D eigenvalue weighted by Gasteiger charge is -2.33. The van der Waals surface area contributed by atoms with E-state index < -0.39 is 11.6 Å². The number of halogens is 3. The Morgan fingerprint density at radius 2 is 2.19 bits per heavy atom. The van der Waals surface area contributed by atoms with Crippen LogP contribution in [0, 0.1) is 11.6 Å². The Morgan fingerprint density at radius 3 is 2.90 bits per heavy atom. The third-order valence-corrected chi connectivity index (χ3v) is 3.61. The van der Waals surface area contributed by atoms with Gasteiger partial charge in [-0.05, 0) is 17.7 Å². The molecule has 7 heteroatoms. The van der Waals surface area contributed by atoms with E-state index in [2.05, 4.69) is 10.00 Å². The van der Waals surface area contributed by atoms with E-state index in [1.165, 1.54) is 6.07 Å². The lowest BCUT2D eigenvalue weighted by molar-refractivity contribution is -0.0418. The summed E-state index contributed by atoms with van der Waals surface area (Å²) in [6.07, 6.45) is 3.04. The van der Waals surface area contributed by atoms with Gasteiger partial charge in [-0.15, -0.1) is 0 Å². The van der Waals surface area contributed by atoms with Crippen molar-refractivity contribution in [2.24, 2.45) is 0 Å². The van der Waals surface area contributed by atoms with Crippen LogP contribution in [0.4, 0.5) is 8.78 Å². The zero-order chi connectivity index (χ0) is 14.8. The molecule has 0 radical (unpaired) electrons. The molecule has 4 nitrogen and oxygen atoms in total. The van der Waals surface area contributed by atoms with E-state index in [1.54, 1.807) is 23.1 Å². The molecule has 0 spiro atoms. The van der Waals surface area contributed by atoms with E-state index in [4.69, 9.17) is 16.3 Å². The average Bonchev–Trinajstić information content (AvgIpc) is 2.87. The Kier molecular flexibility index (Phi) is 4.19. The van der Waals surface area contributed by atoms with Gasteiger partial charge in [0.25, 0.3) is 0 Å². The molecule has 2 aromatic rings. The summed E-state index contributed by atoms with van der Waals surface area (Å²) in [5.41, 5.74) is 0.636. The average molecular weight is 314 g/mol. The summed E-state index contributed by atoms with van der Waals surface area (Å²) in [7, 11) is 0. The number of aromatic nitrogens is 2. The Bertz CT molecular complexity index is 634. The van der Waals surface area contributed by atoms with Gasteiger partial charge in [0.2, 0.25) is 0 Å². The van der Waals surface area contributed by atoms with Crippen LogP contribution in [0.2, 0.25) is 5.02 Å². The number of hydrogen-bond acceptors (Lipinski definition) is 3. The summed E-state index contributed by atoms with van der Waals surface area (Å²) in [4.78, 5) is 2.12. The largest absolute Gasteiger partial charge is 0.371 e. The van der Waals surface area contributed by atoms with Crippen molar-refractivity contribution in [1.29, 1.82) is 0 Å². The number of ether oxygens (including phenoxy) is 1. The van der Waals surface area contributed by atoms with Crippen molar-refractivity contribution in [2.45, 2.75) is 12.8 Å². The van der Waals surface area contributed by atoms with E-state index in [0.717, 1.165) is 12.6 Å². The molecule has 1 aromatic heterocycles. The first-order valence-corrected chi connectivity index (χ1v) is 6.96. The van der Waals surface area contributed by atoms with Crippen LogP contribution in [0.1, 0.15) is 11.7 Å². The lowest BCUT2D eigenvalue weighted by atomic mass is 10.1. The molecule has 21 heavy (non-hydrogen) atoms. The summed E-state index contributed by atoms with van der Waals surface area (Å²) >= 11 is 5.83. The Hall–Kier alpha value is -1.50. The molecule has 3 rings (SSSR count). The first-order chi connectivity index (χ1) is 10.1. The molecule has 0 aliphatic carbocycles. The Morgan fingerprint density at radius 1 is 1.33 bits per heavy atom. The fraction of sp³-hybridized carbons (Fsp3) is 0.357. The van der Waals surface area contributed by atoms with Crippen LogP contribution < -0.4 is 0 Å². The van der Waals surface area contributed by atoms with Gasteiger partial charge >= 0.3 is 0 Å². The maximum atomic E-state index is 13.3.